The Hall–Kier alpha value is -1.58. The topological polar surface area (TPSA) is 46.5 Å². The highest BCUT2D eigenvalue weighted by molar-refractivity contribution is 5.69. The summed E-state index contributed by atoms with van der Waals surface area (Å²) in [4.78, 5) is 10.8. The zero-order chi connectivity index (χ0) is 12.6. The number of halogens is 1. The van der Waals surface area contributed by atoms with E-state index in [2.05, 4.69) is 0 Å². The Morgan fingerprint density at radius 2 is 2.24 bits per heavy atom. The summed E-state index contributed by atoms with van der Waals surface area (Å²) in [6.45, 7) is 3.97. The molecule has 0 aromatic heterocycles. The lowest BCUT2D eigenvalue weighted by Crippen LogP contribution is -2.23. The SMILES string of the molecule is CC(C)(CC(=O)O)c1ccc2c(c1F)CCO2. The van der Waals surface area contributed by atoms with E-state index in [1.165, 1.54) is 0 Å². The molecule has 4 heteroatoms. The largest absolute Gasteiger partial charge is 0.493 e. The number of hydrogen-bond donors (Lipinski definition) is 1. The van der Waals surface area contributed by atoms with E-state index in [1.807, 2.05) is 0 Å². The van der Waals surface area contributed by atoms with Crippen LogP contribution in [0.1, 0.15) is 31.4 Å². The molecule has 0 saturated heterocycles. The summed E-state index contributed by atoms with van der Waals surface area (Å²) in [6.07, 6.45) is 0.460. The molecule has 92 valence electrons. The van der Waals surface area contributed by atoms with Crippen LogP contribution < -0.4 is 4.74 Å². The molecule has 1 aromatic rings. The zero-order valence-corrected chi connectivity index (χ0v) is 9.92. The van der Waals surface area contributed by atoms with E-state index in [1.54, 1.807) is 26.0 Å². The minimum absolute atomic E-state index is 0.0937. The normalized spacial score (nSPS) is 14.3. The Morgan fingerprint density at radius 1 is 1.53 bits per heavy atom. The first-order chi connectivity index (χ1) is 7.92. The van der Waals surface area contributed by atoms with Gasteiger partial charge in [0.2, 0.25) is 0 Å². The van der Waals surface area contributed by atoms with Crippen LogP contribution in [0, 0.1) is 5.82 Å². The van der Waals surface area contributed by atoms with E-state index < -0.39 is 11.4 Å². The standard InChI is InChI=1S/C13H15FO3/c1-13(2,7-11(15)16)9-3-4-10-8(12(9)14)5-6-17-10/h3-4H,5-7H2,1-2H3,(H,15,16). The fourth-order valence-electron chi connectivity index (χ4n) is 2.23. The van der Waals surface area contributed by atoms with Gasteiger partial charge in [-0.3, -0.25) is 4.79 Å². The zero-order valence-electron chi connectivity index (χ0n) is 9.92. The van der Waals surface area contributed by atoms with Crippen LogP contribution in [0.4, 0.5) is 4.39 Å². The maximum absolute atomic E-state index is 14.2. The molecular weight excluding hydrogens is 223 g/mol. The van der Waals surface area contributed by atoms with Gasteiger partial charge in [0, 0.05) is 17.4 Å². The molecule has 0 saturated carbocycles. The lowest BCUT2D eigenvalue weighted by atomic mass is 9.80. The molecule has 1 heterocycles. The maximum atomic E-state index is 14.2. The molecule has 1 N–H and O–H groups in total. The van der Waals surface area contributed by atoms with Gasteiger partial charge in [-0.2, -0.15) is 0 Å². The van der Waals surface area contributed by atoms with Gasteiger partial charge in [0.25, 0.3) is 0 Å². The third-order valence-corrected chi connectivity index (χ3v) is 3.13. The van der Waals surface area contributed by atoms with Gasteiger partial charge in [-0.15, -0.1) is 0 Å². The molecule has 0 aliphatic carbocycles. The second-order valence-electron chi connectivity index (χ2n) is 4.96. The van der Waals surface area contributed by atoms with Crippen molar-refractivity contribution in [1.82, 2.24) is 0 Å². The average molecular weight is 238 g/mol. The van der Waals surface area contributed by atoms with Crippen molar-refractivity contribution in [3.05, 3.63) is 29.1 Å². The number of carboxylic acids is 1. The second-order valence-corrected chi connectivity index (χ2v) is 4.96. The Balaban J connectivity index is 2.43. The number of benzene rings is 1. The molecule has 17 heavy (non-hydrogen) atoms. The highest BCUT2D eigenvalue weighted by Crippen LogP contribution is 2.36. The molecule has 0 fully saturated rings. The van der Waals surface area contributed by atoms with Crippen molar-refractivity contribution >= 4 is 5.97 Å². The van der Waals surface area contributed by atoms with Crippen LogP contribution >= 0.6 is 0 Å². The Labute approximate surface area is 99.2 Å². The van der Waals surface area contributed by atoms with Crippen molar-refractivity contribution in [1.29, 1.82) is 0 Å². The number of fused-ring (bicyclic) bond motifs is 1. The molecule has 0 amide bonds. The molecule has 1 aliphatic heterocycles. The molecule has 0 radical (unpaired) electrons. The number of ether oxygens (including phenoxy) is 1. The minimum atomic E-state index is -0.925. The van der Waals surface area contributed by atoms with Crippen LogP contribution in [0.25, 0.3) is 0 Å². The summed E-state index contributed by atoms with van der Waals surface area (Å²) in [5, 5.41) is 8.85. The van der Waals surface area contributed by atoms with Gasteiger partial charge in [0.1, 0.15) is 11.6 Å². The van der Waals surface area contributed by atoms with Gasteiger partial charge >= 0.3 is 5.97 Å². The first-order valence-corrected chi connectivity index (χ1v) is 5.58. The monoisotopic (exact) mass is 238 g/mol. The van der Waals surface area contributed by atoms with E-state index in [0.29, 0.717) is 29.9 Å². The van der Waals surface area contributed by atoms with Crippen LogP contribution in [0.5, 0.6) is 5.75 Å². The van der Waals surface area contributed by atoms with E-state index in [-0.39, 0.29) is 12.2 Å². The molecule has 0 unspecified atom stereocenters. The lowest BCUT2D eigenvalue weighted by molar-refractivity contribution is -0.138. The third kappa shape index (κ3) is 2.12. The van der Waals surface area contributed by atoms with Crippen LogP contribution in [0.2, 0.25) is 0 Å². The molecule has 1 aromatic carbocycles. The number of carboxylic acid groups (broad SMARTS) is 1. The Kier molecular flexibility index (Phi) is 2.81. The van der Waals surface area contributed by atoms with Crippen LogP contribution in [-0.4, -0.2) is 17.7 Å². The molecule has 3 nitrogen and oxygen atoms in total. The van der Waals surface area contributed by atoms with Gasteiger partial charge in [-0.1, -0.05) is 19.9 Å². The van der Waals surface area contributed by atoms with Crippen molar-refractivity contribution in [3.8, 4) is 5.75 Å². The fourth-order valence-corrected chi connectivity index (χ4v) is 2.23. The lowest BCUT2D eigenvalue weighted by Gasteiger charge is -2.24. The van der Waals surface area contributed by atoms with Gasteiger partial charge in [0.05, 0.1) is 13.0 Å². The summed E-state index contributed by atoms with van der Waals surface area (Å²) in [5.74, 6) is -0.658. The minimum Gasteiger partial charge on any atom is -0.493 e. The predicted molar refractivity (Wildman–Crippen MR) is 60.9 cm³/mol. The second kappa shape index (κ2) is 4.02. The van der Waals surface area contributed by atoms with Crippen molar-refractivity contribution in [3.63, 3.8) is 0 Å². The average Bonchev–Trinajstić information content (AvgIpc) is 2.64. The number of hydrogen-bond acceptors (Lipinski definition) is 2. The van der Waals surface area contributed by atoms with E-state index in [0.717, 1.165) is 0 Å². The Morgan fingerprint density at radius 3 is 2.88 bits per heavy atom. The van der Waals surface area contributed by atoms with Gasteiger partial charge in [-0.05, 0) is 11.6 Å². The number of rotatable bonds is 3. The summed E-state index contributed by atoms with van der Waals surface area (Å²) >= 11 is 0. The highest BCUT2D eigenvalue weighted by Gasteiger charge is 2.30. The summed E-state index contributed by atoms with van der Waals surface area (Å²) in [7, 11) is 0. The number of carbonyl (C=O) groups is 1. The maximum Gasteiger partial charge on any atom is 0.304 e. The predicted octanol–water partition coefficient (Wildman–Crippen LogP) is 2.51. The van der Waals surface area contributed by atoms with Gasteiger partial charge in [0.15, 0.2) is 0 Å². The molecule has 1 aliphatic rings. The smallest absolute Gasteiger partial charge is 0.304 e. The van der Waals surface area contributed by atoms with Crippen LogP contribution in [-0.2, 0) is 16.6 Å². The van der Waals surface area contributed by atoms with E-state index in [4.69, 9.17) is 9.84 Å². The number of aliphatic carboxylic acids is 1. The van der Waals surface area contributed by atoms with Crippen molar-refractivity contribution in [2.24, 2.45) is 0 Å². The van der Waals surface area contributed by atoms with Crippen LogP contribution in [0.15, 0.2) is 12.1 Å². The van der Waals surface area contributed by atoms with Crippen molar-refractivity contribution in [2.75, 3.05) is 6.61 Å². The molecule has 0 spiro atoms. The fraction of sp³-hybridized carbons (Fsp3) is 0.462. The van der Waals surface area contributed by atoms with Crippen molar-refractivity contribution in [2.45, 2.75) is 32.1 Å². The van der Waals surface area contributed by atoms with E-state index in [9.17, 15) is 9.18 Å². The van der Waals surface area contributed by atoms with E-state index >= 15 is 0 Å². The third-order valence-electron chi connectivity index (χ3n) is 3.13. The highest BCUT2D eigenvalue weighted by atomic mass is 19.1. The summed E-state index contributed by atoms with van der Waals surface area (Å²) < 4.78 is 19.5. The molecular formula is C13H15FO3. The van der Waals surface area contributed by atoms with Gasteiger partial charge in [-0.25, -0.2) is 4.39 Å². The quantitative estimate of drug-likeness (QED) is 0.880. The van der Waals surface area contributed by atoms with Crippen LogP contribution in [0.3, 0.4) is 0 Å². The van der Waals surface area contributed by atoms with Crippen molar-refractivity contribution < 1.29 is 19.0 Å². The van der Waals surface area contributed by atoms with Gasteiger partial charge < -0.3 is 9.84 Å². The molecule has 0 bridgehead atoms. The molecule has 2 rings (SSSR count). The first kappa shape index (κ1) is 11.9. The molecule has 0 atom stereocenters. The first-order valence-electron chi connectivity index (χ1n) is 5.58. The summed E-state index contributed by atoms with van der Waals surface area (Å²) in [6, 6.07) is 3.35. The Bertz CT molecular complexity index is 466. The summed E-state index contributed by atoms with van der Waals surface area (Å²) in [5.41, 5.74) is 0.304.